The number of hydrogen-bond acceptors (Lipinski definition) is 6. The summed E-state index contributed by atoms with van der Waals surface area (Å²) in [6.07, 6.45) is 3.88. The van der Waals surface area contributed by atoms with Gasteiger partial charge in [0.2, 0.25) is 17.6 Å². The summed E-state index contributed by atoms with van der Waals surface area (Å²) in [5.41, 5.74) is 4.87. The van der Waals surface area contributed by atoms with Gasteiger partial charge in [-0.05, 0) is 30.2 Å². The van der Waals surface area contributed by atoms with Gasteiger partial charge in [0.1, 0.15) is 5.82 Å². The molecule has 35 heavy (non-hydrogen) atoms. The van der Waals surface area contributed by atoms with E-state index in [1.165, 1.54) is 0 Å². The molecule has 0 aliphatic carbocycles. The first-order valence-electron chi connectivity index (χ1n) is 11.4. The fourth-order valence-electron chi connectivity index (χ4n) is 3.79. The van der Waals surface area contributed by atoms with E-state index >= 15 is 0 Å². The number of nitrogens with one attached hydrogen (secondary N) is 1. The van der Waals surface area contributed by atoms with E-state index in [4.69, 9.17) is 9.62 Å². The van der Waals surface area contributed by atoms with Crippen LogP contribution in [0.25, 0.3) is 22.6 Å². The molecule has 0 aliphatic heterocycles. The summed E-state index contributed by atoms with van der Waals surface area (Å²) >= 11 is 0. The van der Waals surface area contributed by atoms with Gasteiger partial charge in [-0.15, -0.1) is 0 Å². The number of hydrogen-bond donors (Lipinski definition) is 1. The Balaban J connectivity index is 1.31. The highest BCUT2D eigenvalue weighted by Gasteiger charge is 2.15. The molecule has 2 aromatic carbocycles. The first kappa shape index (κ1) is 22.2. The van der Waals surface area contributed by atoms with Gasteiger partial charge in [0.05, 0.1) is 12.2 Å². The lowest BCUT2D eigenvalue weighted by Crippen LogP contribution is -2.16. The lowest BCUT2D eigenvalue weighted by atomic mass is 10.1. The lowest BCUT2D eigenvalue weighted by molar-refractivity contribution is -0.116. The standard InChI is InChI=1S/C27H24N6O2/c1-19-7-5-6-10-22(19)23-17-24(33(31-23)18-20-8-3-2-4-9-20)29-25(34)11-12-26-30-27(32-35-26)21-13-15-28-16-14-21/h2-10,13-17H,11-12,18H2,1H3,(H,29,34). The summed E-state index contributed by atoms with van der Waals surface area (Å²) in [7, 11) is 0. The van der Waals surface area contributed by atoms with Crippen LogP contribution in [0.2, 0.25) is 0 Å². The molecule has 8 nitrogen and oxygen atoms in total. The molecule has 5 rings (SSSR count). The minimum atomic E-state index is -0.154. The summed E-state index contributed by atoms with van der Waals surface area (Å²) in [5, 5.41) is 11.8. The second kappa shape index (κ2) is 10.1. The Morgan fingerprint density at radius 3 is 2.57 bits per heavy atom. The zero-order valence-electron chi connectivity index (χ0n) is 19.3. The Bertz CT molecular complexity index is 1430. The Hall–Kier alpha value is -4.59. The highest BCUT2D eigenvalue weighted by atomic mass is 16.5. The molecule has 3 heterocycles. The van der Waals surface area contributed by atoms with E-state index in [0.717, 1.165) is 27.9 Å². The minimum absolute atomic E-state index is 0.154. The fraction of sp³-hybridized carbons (Fsp3) is 0.148. The van der Waals surface area contributed by atoms with Crippen molar-refractivity contribution in [2.24, 2.45) is 0 Å². The van der Waals surface area contributed by atoms with Gasteiger partial charge in [0, 0.05) is 42.4 Å². The monoisotopic (exact) mass is 464 g/mol. The van der Waals surface area contributed by atoms with Crippen LogP contribution in [0.1, 0.15) is 23.4 Å². The maximum Gasteiger partial charge on any atom is 0.227 e. The number of carbonyl (C=O) groups is 1. The van der Waals surface area contributed by atoms with Crippen LogP contribution in [0.4, 0.5) is 5.82 Å². The van der Waals surface area contributed by atoms with Crippen LogP contribution in [0.15, 0.2) is 89.7 Å². The highest BCUT2D eigenvalue weighted by Crippen LogP contribution is 2.26. The number of carbonyl (C=O) groups excluding carboxylic acids is 1. The summed E-state index contributed by atoms with van der Waals surface area (Å²) in [6, 6.07) is 23.6. The van der Waals surface area contributed by atoms with E-state index in [2.05, 4.69) is 33.4 Å². The predicted octanol–water partition coefficient (Wildman–Crippen LogP) is 4.92. The summed E-state index contributed by atoms with van der Waals surface area (Å²) in [6.45, 7) is 2.59. The van der Waals surface area contributed by atoms with Crippen molar-refractivity contribution in [3.63, 3.8) is 0 Å². The van der Waals surface area contributed by atoms with Gasteiger partial charge in [-0.3, -0.25) is 9.78 Å². The van der Waals surface area contributed by atoms with Crippen molar-refractivity contribution in [3.8, 4) is 22.6 Å². The highest BCUT2D eigenvalue weighted by molar-refractivity contribution is 5.90. The van der Waals surface area contributed by atoms with Crippen molar-refractivity contribution in [1.29, 1.82) is 0 Å². The number of pyridine rings is 1. The number of benzene rings is 2. The third-order valence-electron chi connectivity index (χ3n) is 5.62. The SMILES string of the molecule is Cc1ccccc1-c1cc(NC(=O)CCc2nc(-c3ccncc3)no2)n(Cc2ccccc2)n1. The first-order valence-corrected chi connectivity index (χ1v) is 11.4. The number of aryl methyl sites for hydroxylation is 2. The van der Waals surface area contributed by atoms with E-state index < -0.39 is 0 Å². The molecular formula is C27H24N6O2. The molecule has 0 spiro atoms. The molecule has 0 fully saturated rings. The van der Waals surface area contributed by atoms with Crippen LogP contribution < -0.4 is 5.32 Å². The van der Waals surface area contributed by atoms with E-state index in [1.54, 1.807) is 24.5 Å². The maximum absolute atomic E-state index is 12.8. The Labute approximate surface area is 202 Å². The largest absolute Gasteiger partial charge is 0.339 e. The van der Waals surface area contributed by atoms with Gasteiger partial charge in [-0.2, -0.15) is 10.1 Å². The smallest absolute Gasteiger partial charge is 0.227 e. The van der Waals surface area contributed by atoms with E-state index in [0.29, 0.717) is 30.5 Å². The zero-order chi connectivity index (χ0) is 24.0. The lowest BCUT2D eigenvalue weighted by Gasteiger charge is -2.08. The van der Waals surface area contributed by atoms with Gasteiger partial charge >= 0.3 is 0 Å². The van der Waals surface area contributed by atoms with Gasteiger partial charge in [0.25, 0.3) is 0 Å². The van der Waals surface area contributed by atoms with E-state index in [-0.39, 0.29) is 12.3 Å². The number of anilines is 1. The van der Waals surface area contributed by atoms with E-state index in [9.17, 15) is 4.79 Å². The quantitative estimate of drug-likeness (QED) is 0.350. The Morgan fingerprint density at radius 1 is 1.00 bits per heavy atom. The minimum Gasteiger partial charge on any atom is -0.339 e. The van der Waals surface area contributed by atoms with Gasteiger partial charge in [-0.25, -0.2) is 4.68 Å². The van der Waals surface area contributed by atoms with Crippen molar-refractivity contribution in [1.82, 2.24) is 24.9 Å². The van der Waals surface area contributed by atoms with Crippen LogP contribution in [-0.2, 0) is 17.8 Å². The van der Waals surface area contributed by atoms with Crippen molar-refractivity contribution in [2.75, 3.05) is 5.32 Å². The summed E-state index contributed by atoms with van der Waals surface area (Å²) < 4.78 is 7.14. The molecule has 8 heteroatoms. The molecule has 5 aromatic rings. The summed E-state index contributed by atoms with van der Waals surface area (Å²) in [5.74, 6) is 1.37. The normalized spacial score (nSPS) is 10.9. The Kier molecular flexibility index (Phi) is 6.43. The van der Waals surface area contributed by atoms with Crippen LogP contribution in [0.5, 0.6) is 0 Å². The molecule has 0 saturated heterocycles. The average molecular weight is 465 g/mol. The first-order chi connectivity index (χ1) is 17.2. The second-order valence-electron chi connectivity index (χ2n) is 8.17. The topological polar surface area (TPSA) is 98.7 Å². The summed E-state index contributed by atoms with van der Waals surface area (Å²) in [4.78, 5) is 21.2. The van der Waals surface area contributed by atoms with Gasteiger partial charge in [0.15, 0.2) is 0 Å². The number of aromatic nitrogens is 5. The molecule has 1 N–H and O–H groups in total. The predicted molar refractivity (Wildman–Crippen MR) is 132 cm³/mol. The molecule has 0 bridgehead atoms. The van der Waals surface area contributed by atoms with Gasteiger partial charge < -0.3 is 9.84 Å². The number of amides is 1. The zero-order valence-corrected chi connectivity index (χ0v) is 19.3. The fourth-order valence-corrected chi connectivity index (χ4v) is 3.79. The molecular weight excluding hydrogens is 440 g/mol. The Morgan fingerprint density at radius 2 is 1.77 bits per heavy atom. The van der Waals surface area contributed by atoms with Crippen molar-refractivity contribution < 1.29 is 9.32 Å². The molecule has 0 saturated carbocycles. The third-order valence-corrected chi connectivity index (χ3v) is 5.62. The molecule has 1 amide bonds. The van der Waals surface area contributed by atoms with E-state index in [1.807, 2.05) is 59.3 Å². The average Bonchev–Trinajstić information content (AvgIpc) is 3.52. The van der Waals surface area contributed by atoms with Crippen LogP contribution in [0.3, 0.4) is 0 Å². The molecule has 0 unspecified atom stereocenters. The van der Waals surface area contributed by atoms with Crippen LogP contribution in [-0.4, -0.2) is 30.8 Å². The number of nitrogens with zero attached hydrogens (tertiary/aromatic N) is 5. The van der Waals surface area contributed by atoms with Gasteiger partial charge in [-0.1, -0.05) is 59.8 Å². The van der Waals surface area contributed by atoms with Crippen molar-refractivity contribution in [2.45, 2.75) is 26.3 Å². The third kappa shape index (κ3) is 5.33. The number of rotatable bonds is 8. The van der Waals surface area contributed by atoms with Crippen LogP contribution >= 0.6 is 0 Å². The van der Waals surface area contributed by atoms with Crippen molar-refractivity contribution in [3.05, 3.63) is 102 Å². The molecule has 0 radical (unpaired) electrons. The second-order valence-corrected chi connectivity index (χ2v) is 8.17. The molecule has 3 aromatic heterocycles. The van der Waals surface area contributed by atoms with Crippen LogP contribution in [0, 0.1) is 6.92 Å². The molecule has 174 valence electrons. The molecule has 0 atom stereocenters. The maximum atomic E-state index is 12.8. The molecule has 0 aliphatic rings. The van der Waals surface area contributed by atoms with Crippen molar-refractivity contribution >= 4 is 11.7 Å².